The van der Waals surface area contributed by atoms with E-state index in [1.54, 1.807) is 6.26 Å². The lowest BCUT2D eigenvalue weighted by Gasteiger charge is -2.39. The van der Waals surface area contributed by atoms with Crippen LogP contribution in [0.15, 0.2) is 22.8 Å². The summed E-state index contributed by atoms with van der Waals surface area (Å²) < 4.78 is 7.69. The van der Waals surface area contributed by atoms with E-state index in [0.717, 1.165) is 23.2 Å². The van der Waals surface area contributed by atoms with Gasteiger partial charge in [-0.3, -0.25) is 0 Å². The lowest BCUT2D eigenvalue weighted by Crippen LogP contribution is -2.40. The summed E-state index contributed by atoms with van der Waals surface area (Å²) in [5, 5.41) is 4.79. The van der Waals surface area contributed by atoms with Crippen molar-refractivity contribution in [3.63, 3.8) is 0 Å². The van der Waals surface area contributed by atoms with Gasteiger partial charge in [0, 0.05) is 17.7 Å². The normalized spacial score (nSPS) is 28.2. The number of hydrogen-bond acceptors (Lipinski definition) is 5. The predicted octanol–water partition coefficient (Wildman–Crippen LogP) is 3.02. The van der Waals surface area contributed by atoms with E-state index in [4.69, 9.17) is 14.5 Å². The smallest absolute Gasteiger partial charge is 0.217 e. The lowest BCUT2D eigenvalue weighted by molar-refractivity contribution is 0.157. The van der Waals surface area contributed by atoms with Crippen LogP contribution in [0.3, 0.4) is 0 Å². The molecule has 2 fully saturated rings. The third kappa shape index (κ3) is 2.48. The molecule has 0 aromatic carbocycles. The lowest BCUT2D eigenvalue weighted by atomic mass is 9.79. The van der Waals surface area contributed by atoms with Crippen molar-refractivity contribution in [1.29, 1.82) is 0 Å². The van der Waals surface area contributed by atoms with Crippen LogP contribution in [0.25, 0.3) is 11.6 Å². The molecule has 3 heterocycles. The van der Waals surface area contributed by atoms with Crippen LogP contribution in [0.5, 0.6) is 0 Å². The highest BCUT2D eigenvalue weighted by molar-refractivity contribution is 7.99. The van der Waals surface area contributed by atoms with Crippen molar-refractivity contribution in [3.8, 4) is 11.6 Å². The first-order valence-electron chi connectivity index (χ1n) is 7.97. The topological polar surface area (TPSA) is 47.1 Å². The van der Waals surface area contributed by atoms with Crippen LogP contribution in [0.4, 0.5) is 0 Å². The number of rotatable bonds is 4. The fraction of sp³-hybridized carbons (Fsp3) is 0.625. The molecule has 1 unspecified atom stereocenters. The first-order valence-corrected chi connectivity index (χ1v) is 9.12. The van der Waals surface area contributed by atoms with E-state index in [9.17, 15) is 0 Å². The average Bonchev–Trinajstić information content (AvgIpc) is 3.18. The van der Waals surface area contributed by atoms with Gasteiger partial charge in [-0.25, -0.2) is 9.67 Å². The van der Waals surface area contributed by atoms with Crippen LogP contribution in [0.1, 0.15) is 37.0 Å². The predicted molar refractivity (Wildman–Crippen MR) is 88.2 cm³/mol. The van der Waals surface area contributed by atoms with Crippen molar-refractivity contribution < 1.29 is 4.42 Å². The molecule has 1 aliphatic carbocycles. The first-order chi connectivity index (χ1) is 10.7. The zero-order chi connectivity index (χ0) is 15.1. The minimum absolute atomic E-state index is 0.495. The minimum atomic E-state index is 0.495. The van der Waals surface area contributed by atoms with Crippen molar-refractivity contribution in [2.75, 3.05) is 25.6 Å². The van der Waals surface area contributed by atoms with Crippen LogP contribution < -0.4 is 0 Å². The summed E-state index contributed by atoms with van der Waals surface area (Å²) in [5.74, 6) is 5.59. The van der Waals surface area contributed by atoms with E-state index >= 15 is 0 Å². The Bertz CT molecular complexity index is 625. The number of aromatic nitrogens is 3. The zero-order valence-corrected chi connectivity index (χ0v) is 13.9. The van der Waals surface area contributed by atoms with E-state index in [-0.39, 0.29) is 0 Å². The van der Waals surface area contributed by atoms with Crippen molar-refractivity contribution in [1.82, 2.24) is 19.7 Å². The molecule has 0 bridgehead atoms. The molecular formula is C16H22N4OS. The summed E-state index contributed by atoms with van der Waals surface area (Å²) in [4.78, 5) is 7.16. The molecule has 2 aromatic heterocycles. The van der Waals surface area contributed by atoms with Crippen molar-refractivity contribution >= 4 is 11.8 Å². The standard InChI is InChI=1S/C16H22N4OS/c1-19(2)13-8-11(9-13)16-17-15(14-4-3-6-21-14)18-20(16)12-5-7-22-10-12/h3-4,6,11-13H,5,7-10H2,1-2H3. The van der Waals surface area contributed by atoms with Crippen molar-refractivity contribution in [2.24, 2.45) is 0 Å². The van der Waals surface area contributed by atoms with Crippen molar-refractivity contribution in [3.05, 3.63) is 24.2 Å². The van der Waals surface area contributed by atoms with Gasteiger partial charge in [-0.1, -0.05) is 0 Å². The Morgan fingerprint density at radius 1 is 1.36 bits per heavy atom. The second kappa shape index (κ2) is 5.74. The molecule has 1 aliphatic heterocycles. The molecule has 1 atom stereocenters. The Labute approximate surface area is 135 Å². The zero-order valence-electron chi connectivity index (χ0n) is 13.1. The number of nitrogens with zero attached hydrogens (tertiary/aromatic N) is 4. The summed E-state index contributed by atoms with van der Waals surface area (Å²) in [5.41, 5.74) is 0. The summed E-state index contributed by atoms with van der Waals surface area (Å²) >= 11 is 2.01. The molecule has 1 saturated carbocycles. The Morgan fingerprint density at radius 2 is 2.23 bits per heavy atom. The van der Waals surface area contributed by atoms with E-state index in [0.29, 0.717) is 18.0 Å². The minimum Gasteiger partial charge on any atom is -0.461 e. The van der Waals surface area contributed by atoms with Crippen LogP contribution in [0.2, 0.25) is 0 Å². The second-order valence-electron chi connectivity index (χ2n) is 6.52. The van der Waals surface area contributed by atoms with E-state index in [2.05, 4.69) is 23.7 Å². The Hall–Kier alpha value is -1.27. The Morgan fingerprint density at radius 3 is 2.86 bits per heavy atom. The number of hydrogen-bond donors (Lipinski definition) is 0. The van der Waals surface area contributed by atoms with E-state index in [1.807, 2.05) is 23.9 Å². The third-order valence-electron chi connectivity index (χ3n) is 4.86. The second-order valence-corrected chi connectivity index (χ2v) is 7.67. The molecule has 22 heavy (non-hydrogen) atoms. The fourth-order valence-corrected chi connectivity index (χ4v) is 4.51. The number of furan rings is 1. The van der Waals surface area contributed by atoms with E-state index < -0.39 is 0 Å². The Balaban J connectivity index is 1.63. The van der Waals surface area contributed by atoms with Crippen LogP contribution in [0, 0.1) is 0 Å². The van der Waals surface area contributed by atoms with Gasteiger partial charge in [-0.15, -0.1) is 5.10 Å². The fourth-order valence-electron chi connectivity index (χ4n) is 3.33. The van der Waals surface area contributed by atoms with Crippen LogP contribution in [-0.2, 0) is 0 Å². The summed E-state index contributed by atoms with van der Waals surface area (Å²) in [7, 11) is 4.32. The van der Waals surface area contributed by atoms with Gasteiger partial charge in [0.25, 0.3) is 0 Å². The third-order valence-corrected chi connectivity index (χ3v) is 6.00. The first kappa shape index (κ1) is 14.3. The summed E-state index contributed by atoms with van der Waals surface area (Å²) in [6, 6.07) is 5.01. The molecule has 2 aromatic rings. The van der Waals surface area contributed by atoms with Gasteiger partial charge >= 0.3 is 0 Å². The van der Waals surface area contributed by atoms with Gasteiger partial charge in [0.1, 0.15) is 5.82 Å². The van der Waals surface area contributed by atoms with Gasteiger partial charge in [-0.2, -0.15) is 11.8 Å². The SMILES string of the molecule is CN(C)C1CC(c2nc(-c3ccco3)nn2C2CCSC2)C1. The largest absolute Gasteiger partial charge is 0.461 e. The molecule has 0 N–H and O–H groups in total. The number of thioether (sulfide) groups is 1. The molecule has 2 aliphatic rings. The molecule has 1 saturated heterocycles. The summed E-state index contributed by atoms with van der Waals surface area (Å²) in [6.07, 6.45) is 5.25. The molecule has 118 valence electrons. The average molecular weight is 318 g/mol. The Kier molecular flexibility index (Phi) is 3.74. The molecule has 0 spiro atoms. The van der Waals surface area contributed by atoms with Gasteiger partial charge in [-0.05, 0) is 51.2 Å². The highest BCUT2D eigenvalue weighted by atomic mass is 32.2. The molecule has 0 amide bonds. The highest BCUT2D eigenvalue weighted by Gasteiger charge is 2.37. The maximum Gasteiger partial charge on any atom is 0.217 e. The maximum absolute atomic E-state index is 5.49. The molecule has 5 nitrogen and oxygen atoms in total. The monoisotopic (exact) mass is 318 g/mol. The van der Waals surface area contributed by atoms with E-state index in [1.165, 1.54) is 25.0 Å². The highest BCUT2D eigenvalue weighted by Crippen LogP contribution is 2.41. The molecular weight excluding hydrogens is 296 g/mol. The van der Waals surface area contributed by atoms with Crippen LogP contribution in [-0.4, -0.2) is 51.3 Å². The van der Waals surface area contributed by atoms with Gasteiger partial charge in [0.15, 0.2) is 5.76 Å². The molecule has 4 rings (SSSR count). The van der Waals surface area contributed by atoms with Gasteiger partial charge in [0.2, 0.25) is 5.82 Å². The maximum atomic E-state index is 5.49. The quantitative estimate of drug-likeness (QED) is 0.867. The molecule has 0 radical (unpaired) electrons. The van der Waals surface area contributed by atoms with Gasteiger partial charge < -0.3 is 9.32 Å². The van der Waals surface area contributed by atoms with Crippen LogP contribution >= 0.6 is 11.8 Å². The van der Waals surface area contributed by atoms with Crippen molar-refractivity contribution in [2.45, 2.75) is 37.3 Å². The van der Waals surface area contributed by atoms with Gasteiger partial charge in [0.05, 0.1) is 12.3 Å². The molecule has 6 heteroatoms. The summed E-state index contributed by atoms with van der Waals surface area (Å²) in [6.45, 7) is 0.